The van der Waals surface area contributed by atoms with E-state index in [1.54, 1.807) is 0 Å². The predicted molar refractivity (Wildman–Crippen MR) is 78.9 cm³/mol. The van der Waals surface area contributed by atoms with Gasteiger partial charge in [-0.2, -0.15) is 0 Å². The molecule has 1 amide bonds. The van der Waals surface area contributed by atoms with Crippen LogP contribution in [0.1, 0.15) is 30.1 Å². The van der Waals surface area contributed by atoms with Crippen LogP contribution >= 0.6 is 23.2 Å². The van der Waals surface area contributed by atoms with E-state index >= 15 is 0 Å². The lowest BCUT2D eigenvalue weighted by Crippen LogP contribution is -2.25. The minimum atomic E-state index is -0.223. The summed E-state index contributed by atoms with van der Waals surface area (Å²) in [6.07, 6.45) is 1.76. The molecule has 0 atom stereocenters. The summed E-state index contributed by atoms with van der Waals surface area (Å²) in [5, 5.41) is 3.34. The second kappa shape index (κ2) is 8.25. The minimum absolute atomic E-state index is 0.223. The van der Waals surface area contributed by atoms with Gasteiger partial charge in [-0.3, -0.25) is 4.79 Å². The molecule has 0 aromatic heterocycles. The minimum Gasteiger partial charge on any atom is -0.396 e. The van der Waals surface area contributed by atoms with Crippen LogP contribution in [-0.2, 0) is 4.74 Å². The number of carbonyl (C=O) groups is 1. The topological polar surface area (TPSA) is 64.3 Å². The lowest BCUT2D eigenvalue weighted by atomic mass is 10.2. The lowest BCUT2D eigenvalue weighted by molar-refractivity contribution is 0.0941. The quantitative estimate of drug-likeness (QED) is 0.601. The van der Waals surface area contributed by atoms with Gasteiger partial charge in [0.25, 0.3) is 5.91 Å². The van der Waals surface area contributed by atoms with E-state index in [1.165, 1.54) is 12.1 Å². The number of amides is 1. The zero-order valence-corrected chi connectivity index (χ0v) is 12.4. The zero-order valence-electron chi connectivity index (χ0n) is 10.8. The number of ether oxygens (including phenoxy) is 1. The number of carbonyl (C=O) groups excluding carboxylic acids is 1. The molecule has 0 saturated heterocycles. The predicted octanol–water partition coefficient (Wildman–Crippen LogP) is 3.12. The Labute approximate surface area is 123 Å². The van der Waals surface area contributed by atoms with Gasteiger partial charge in [-0.25, -0.2) is 0 Å². The molecule has 0 aliphatic heterocycles. The number of hydrogen-bond acceptors (Lipinski definition) is 3. The summed E-state index contributed by atoms with van der Waals surface area (Å²) in [6, 6.07) is 3.01. The summed E-state index contributed by atoms with van der Waals surface area (Å²) in [7, 11) is 0. The monoisotopic (exact) mass is 304 g/mol. The second-order valence-electron chi connectivity index (χ2n) is 4.08. The first kappa shape index (κ1) is 16.1. The van der Waals surface area contributed by atoms with Gasteiger partial charge < -0.3 is 15.8 Å². The average Bonchev–Trinajstić information content (AvgIpc) is 2.39. The summed E-state index contributed by atoms with van der Waals surface area (Å²) in [4.78, 5) is 11.8. The molecule has 0 radical (unpaired) electrons. The number of hydrogen-bond donors (Lipinski definition) is 2. The van der Waals surface area contributed by atoms with E-state index in [-0.39, 0.29) is 21.6 Å². The largest absolute Gasteiger partial charge is 0.396 e. The number of nitrogen functional groups attached to an aromatic ring is 1. The maximum atomic E-state index is 11.8. The summed E-state index contributed by atoms with van der Waals surface area (Å²) in [5.41, 5.74) is 6.29. The molecular weight excluding hydrogens is 287 g/mol. The van der Waals surface area contributed by atoms with E-state index in [9.17, 15) is 4.79 Å². The molecule has 0 aliphatic carbocycles. The highest BCUT2D eigenvalue weighted by molar-refractivity contribution is 6.39. The highest BCUT2D eigenvalue weighted by Crippen LogP contribution is 2.28. The van der Waals surface area contributed by atoms with Gasteiger partial charge in [0.1, 0.15) is 0 Å². The van der Waals surface area contributed by atoms with Crippen LogP contribution in [-0.4, -0.2) is 25.7 Å². The SMILES string of the molecule is CCCOCCCNC(=O)c1cc(Cl)c(N)c(Cl)c1. The summed E-state index contributed by atoms with van der Waals surface area (Å²) < 4.78 is 5.31. The fourth-order valence-electron chi connectivity index (χ4n) is 1.44. The summed E-state index contributed by atoms with van der Waals surface area (Å²) >= 11 is 11.7. The van der Waals surface area contributed by atoms with Crippen LogP contribution in [0.2, 0.25) is 10.0 Å². The smallest absolute Gasteiger partial charge is 0.251 e. The first-order valence-corrected chi connectivity index (χ1v) is 6.92. The van der Waals surface area contributed by atoms with Crippen LogP contribution in [0.4, 0.5) is 5.69 Å². The summed E-state index contributed by atoms with van der Waals surface area (Å²) in [5.74, 6) is -0.223. The maximum Gasteiger partial charge on any atom is 0.251 e. The van der Waals surface area contributed by atoms with Crippen molar-refractivity contribution < 1.29 is 9.53 Å². The van der Waals surface area contributed by atoms with Crippen molar-refractivity contribution in [1.29, 1.82) is 0 Å². The Hall–Kier alpha value is -0.970. The molecule has 106 valence electrons. The highest BCUT2D eigenvalue weighted by Gasteiger charge is 2.10. The number of rotatable bonds is 7. The molecule has 0 spiro atoms. The summed E-state index contributed by atoms with van der Waals surface area (Å²) in [6.45, 7) is 3.98. The van der Waals surface area contributed by atoms with Crippen LogP contribution in [0.5, 0.6) is 0 Å². The highest BCUT2D eigenvalue weighted by atomic mass is 35.5. The normalized spacial score (nSPS) is 10.5. The number of nitrogens with two attached hydrogens (primary N) is 1. The molecule has 1 rings (SSSR count). The van der Waals surface area contributed by atoms with Crippen LogP contribution in [0.15, 0.2) is 12.1 Å². The molecular formula is C13H18Cl2N2O2. The Kier molecular flexibility index (Phi) is 6.99. The molecule has 4 nitrogen and oxygen atoms in total. The van der Waals surface area contributed by atoms with Gasteiger partial charge >= 0.3 is 0 Å². The first-order valence-electron chi connectivity index (χ1n) is 6.16. The Morgan fingerprint density at radius 2 is 1.95 bits per heavy atom. The third kappa shape index (κ3) is 5.27. The fraction of sp³-hybridized carbons (Fsp3) is 0.462. The van der Waals surface area contributed by atoms with Gasteiger partial charge in [-0.15, -0.1) is 0 Å². The van der Waals surface area contributed by atoms with Crippen molar-refractivity contribution in [3.8, 4) is 0 Å². The number of benzene rings is 1. The van der Waals surface area contributed by atoms with Gasteiger partial charge in [0, 0.05) is 25.3 Å². The van der Waals surface area contributed by atoms with Crippen molar-refractivity contribution in [1.82, 2.24) is 5.32 Å². The molecule has 0 aliphatic rings. The zero-order chi connectivity index (χ0) is 14.3. The molecule has 0 heterocycles. The van der Waals surface area contributed by atoms with Crippen molar-refractivity contribution in [3.63, 3.8) is 0 Å². The van der Waals surface area contributed by atoms with E-state index < -0.39 is 0 Å². The molecule has 3 N–H and O–H groups in total. The van der Waals surface area contributed by atoms with Crippen molar-refractivity contribution in [2.75, 3.05) is 25.5 Å². The standard InChI is InChI=1S/C13H18Cl2N2O2/c1-2-5-19-6-3-4-17-13(18)9-7-10(14)12(16)11(15)8-9/h7-8H,2-6,16H2,1H3,(H,17,18). The van der Waals surface area contributed by atoms with E-state index in [0.29, 0.717) is 18.7 Å². The van der Waals surface area contributed by atoms with Gasteiger partial charge in [0.05, 0.1) is 15.7 Å². The van der Waals surface area contributed by atoms with E-state index in [0.717, 1.165) is 19.4 Å². The Bertz CT molecular complexity index is 416. The van der Waals surface area contributed by atoms with Crippen molar-refractivity contribution in [2.45, 2.75) is 19.8 Å². The third-order valence-corrected chi connectivity index (χ3v) is 3.07. The number of anilines is 1. The van der Waals surface area contributed by atoms with Gasteiger partial charge in [-0.1, -0.05) is 30.1 Å². The maximum absolute atomic E-state index is 11.8. The van der Waals surface area contributed by atoms with Crippen LogP contribution in [0.25, 0.3) is 0 Å². The van der Waals surface area contributed by atoms with Crippen LogP contribution in [0, 0.1) is 0 Å². The number of nitrogens with one attached hydrogen (secondary N) is 1. The molecule has 1 aromatic rings. The molecule has 1 aromatic carbocycles. The van der Waals surface area contributed by atoms with Crippen molar-refractivity contribution in [3.05, 3.63) is 27.7 Å². The Balaban J connectivity index is 2.42. The molecule has 0 unspecified atom stereocenters. The van der Waals surface area contributed by atoms with E-state index in [1.807, 2.05) is 0 Å². The van der Waals surface area contributed by atoms with E-state index in [2.05, 4.69) is 12.2 Å². The average molecular weight is 305 g/mol. The van der Waals surface area contributed by atoms with Gasteiger partial charge in [-0.05, 0) is 25.0 Å². The van der Waals surface area contributed by atoms with Gasteiger partial charge in [0.15, 0.2) is 0 Å². The molecule has 6 heteroatoms. The molecule has 0 fully saturated rings. The second-order valence-corrected chi connectivity index (χ2v) is 4.89. The molecule has 0 bridgehead atoms. The lowest BCUT2D eigenvalue weighted by Gasteiger charge is -2.08. The Morgan fingerprint density at radius 3 is 2.53 bits per heavy atom. The van der Waals surface area contributed by atoms with Crippen molar-refractivity contribution >= 4 is 34.8 Å². The molecule has 0 saturated carbocycles. The van der Waals surface area contributed by atoms with Crippen molar-refractivity contribution in [2.24, 2.45) is 0 Å². The van der Waals surface area contributed by atoms with Gasteiger partial charge in [0.2, 0.25) is 0 Å². The van der Waals surface area contributed by atoms with E-state index in [4.69, 9.17) is 33.7 Å². The first-order chi connectivity index (χ1) is 9.06. The number of halogens is 2. The Morgan fingerprint density at radius 1 is 1.32 bits per heavy atom. The third-order valence-electron chi connectivity index (χ3n) is 2.44. The fourth-order valence-corrected chi connectivity index (χ4v) is 1.93. The van der Waals surface area contributed by atoms with Crippen LogP contribution in [0.3, 0.4) is 0 Å². The molecule has 19 heavy (non-hydrogen) atoms. The van der Waals surface area contributed by atoms with Crippen LogP contribution < -0.4 is 11.1 Å².